The van der Waals surface area contributed by atoms with Crippen LogP contribution >= 0.6 is 0 Å². The Morgan fingerprint density at radius 1 is 1.15 bits per heavy atom. The Hall–Kier alpha value is -2.63. The van der Waals surface area contributed by atoms with E-state index in [0.717, 1.165) is 43.6 Å². The van der Waals surface area contributed by atoms with Crippen LogP contribution < -0.4 is 0 Å². The smallest absolute Gasteiger partial charge is 0.303 e. The molecule has 1 aliphatic heterocycles. The molecule has 0 bridgehead atoms. The van der Waals surface area contributed by atoms with E-state index in [-0.39, 0.29) is 18.2 Å². The van der Waals surface area contributed by atoms with Gasteiger partial charge in [0.25, 0.3) is 5.91 Å². The Morgan fingerprint density at radius 3 is 2.63 bits per heavy atom. The van der Waals surface area contributed by atoms with E-state index in [1.807, 2.05) is 41.3 Å². The molecule has 1 saturated heterocycles. The summed E-state index contributed by atoms with van der Waals surface area (Å²) in [6.07, 6.45) is 4.99. The molecule has 0 spiro atoms. The van der Waals surface area contributed by atoms with Crippen molar-refractivity contribution in [3.63, 3.8) is 0 Å². The molecule has 142 valence electrons. The van der Waals surface area contributed by atoms with Crippen LogP contribution in [-0.4, -0.2) is 44.8 Å². The fraction of sp³-hybridized carbons (Fsp3) is 0.476. The molecule has 27 heavy (non-hydrogen) atoms. The number of para-hydroxylation sites is 1. The van der Waals surface area contributed by atoms with Gasteiger partial charge in [-0.25, -0.2) is 4.68 Å². The zero-order valence-corrected chi connectivity index (χ0v) is 15.4. The minimum atomic E-state index is -0.769. The minimum Gasteiger partial charge on any atom is -0.481 e. The largest absolute Gasteiger partial charge is 0.481 e. The number of carboxylic acid groups (broad SMARTS) is 1. The highest BCUT2D eigenvalue weighted by Gasteiger charge is 2.31. The first-order valence-electron chi connectivity index (χ1n) is 9.78. The summed E-state index contributed by atoms with van der Waals surface area (Å²) in [4.78, 5) is 26.0. The number of carbonyl (C=O) groups is 2. The van der Waals surface area contributed by atoms with Gasteiger partial charge >= 0.3 is 5.97 Å². The molecular formula is C21H25N3O3. The number of nitrogens with zero attached hydrogens (tertiary/aromatic N) is 3. The van der Waals surface area contributed by atoms with E-state index >= 15 is 0 Å². The van der Waals surface area contributed by atoms with Gasteiger partial charge in [-0.2, -0.15) is 5.10 Å². The Balaban J connectivity index is 1.56. The van der Waals surface area contributed by atoms with Crippen LogP contribution in [0.1, 0.15) is 60.6 Å². The predicted octanol–water partition coefficient (Wildman–Crippen LogP) is 3.47. The topological polar surface area (TPSA) is 75.4 Å². The molecule has 1 atom stereocenters. The predicted molar refractivity (Wildman–Crippen MR) is 101 cm³/mol. The monoisotopic (exact) mass is 367 g/mol. The minimum absolute atomic E-state index is 0.00159. The number of aromatic nitrogens is 2. The highest BCUT2D eigenvalue weighted by Crippen LogP contribution is 2.40. The second kappa shape index (κ2) is 7.55. The van der Waals surface area contributed by atoms with Crippen molar-refractivity contribution in [1.82, 2.24) is 14.7 Å². The van der Waals surface area contributed by atoms with Gasteiger partial charge in [0.15, 0.2) is 0 Å². The third kappa shape index (κ3) is 4.04. The van der Waals surface area contributed by atoms with Gasteiger partial charge < -0.3 is 10.0 Å². The van der Waals surface area contributed by atoms with Crippen molar-refractivity contribution in [3.05, 3.63) is 47.8 Å². The van der Waals surface area contributed by atoms with Crippen LogP contribution in [0.25, 0.3) is 5.69 Å². The molecule has 0 radical (unpaired) electrons. The van der Waals surface area contributed by atoms with Gasteiger partial charge in [-0.15, -0.1) is 0 Å². The normalized spacial score (nSPS) is 19.9. The molecule has 2 aromatic rings. The molecule has 2 aliphatic rings. The summed E-state index contributed by atoms with van der Waals surface area (Å²) >= 11 is 0. The molecule has 2 fully saturated rings. The standard InChI is InChI=1S/C21H25N3O3/c25-20(26)11-8-15-5-4-12-23(14-15)21(27)19-13-18(16-9-10-16)22-24(19)17-6-2-1-3-7-17/h1-3,6-7,13,15-16H,4-5,8-12,14H2,(H,25,26). The number of carboxylic acids is 1. The molecule has 1 amide bonds. The molecule has 6 heteroatoms. The lowest BCUT2D eigenvalue weighted by Crippen LogP contribution is -2.40. The number of aliphatic carboxylic acids is 1. The van der Waals surface area contributed by atoms with Gasteiger partial charge in [0.1, 0.15) is 5.69 Å². The third-order valence-electron chi connectivity index (χ3n) is 5.52. The number of likely N-dealkylation sites (tertiary alicyclic amines) is 1. The fourth-order valence-electron chi connectivity index (χ4n) is 3.87. The molecule has 1 aliphatic carbocycles. The van der Waals surface area contributed by atoms with Crippen LogP contribution in [0.3, 0.4) is 0 Å². The summed E-state index contributed by atoms with van der Waals surface area (Å²) in [7, 11) is 0. The maximum atomic E-state index is 13.3. The van der Waals surface area contributed by atoms with Crippen molar-refractivity contribution < 1.29 is 14.7 Å². The average Bonchev–Trinajstić information content (AvgIpc) is 3.45. The summed E-state index contributed by atoms with van der Waals surface area (Å²) in [5.41, 5.74) is 2.51. The number of hydrogen-bond acceptors (Lipinski definition) is 3. The van der Waals surface area contributed by atoms with Gasteiger partial charge in [-0.05, 0) is 56.2 Å². The van der Waals surface area contributed by atoms with Crippen molar-refractivity contribution in [2.45, 2.75) is 44.4 Å². The number of piperidine rings is 1. The molecule has 1 unspecified atom stereocenters. The van der Waals surface area contributed by atoms with Gasteiger partial charge in [-0.1, -0.05) is 18.2 Å². The summed E-state index contributed by atoms with van der Waals surface area (Å²) < 4.78 is 1.77. The molecule has 1 saturated carbocycles. The van der Waals surface area contributed by atoms with E-state index < -0.39 is 5.97 Å². The second-order valence-electron chi connectivity index (χ2n) is 7.67. The van der Waals surface area contributed by atoms with Crippen molar-refractivity contribution >= 4 is 11.9 Å². The van der Waals surface area contributed by atoms with Crippen LogP contribution in [0.15, 0.2) is 36.4 Å². The first kappa shape index (κ1) is 17.8. The zero-order valence-electron chi connectivity index (χ0n) is 15.4. The fourth-order valence-corrected chi connectivity index (χ4v) is 3.87. The lowest BCUT2D eigenvalue weighted by atomic mass is 9.93. The summed E-state index contributed by atoms with van der Waals surface area (Å²) in [5, 5.41) is 13.7. The van der Waals surface area contributed by atoms with Crippen LogP contribution in [0.4, 0.5) is 0 Å². The Morgan fingerprint density at radius 2 is 1.93 bits per heavy atom. The van der Waals surface area contributed by atoms with E-state index in [1.165, 1.54) is 0 Å². The highest BCUT2D eigenvalue weighted by molar-refractivity contribution is 5.93. The lowest BCUT2D eigenvalue weighted by molar-refractivity contribution is -0.137. The van der Waals surface area contributed by atoms with Crippen molar-refractivity contribution in [1.29, 1.82) is 0 Å². The number of carbonyl (C=O) groups excluding carboxylic acids is 1. The van der Waals surface area contributed by atoms with Gasteiger partial charge in [0.2, 0.25) is 0 Å². The van der Waals surface area contributed by atoms with Crippen LogP contribution in [0.2, 0.25) is 0 Å². The van der Waals surface area contributed by atoms with Crippen molar-refractivity contribution in [3.8, 4) is 5.69 Å². The number of hydrogen-bond donors (Lipinski definition) is 1. The maximum absolute atomic E-state index is 13.3. The lowest BCUT2D eigenvalue weighted by Gasteiger charge is -2.32. The average molecular weight is 367 g/mol. The second-order valence-corrected chi connectivity index (χ2v) is 7.67. The summed E-state index contributed by atoms with van der Waals surface area (Å²) in [5.74, 6) is -0.0334. The SMILES string of the molecule is O=C(O)CCC1CCCN(C(=O)c2cc(C3CC3)nn2-c2ccccc2)C1. The molecule has 1 aromatic carbocycles. The van der Waals surface area contributed by atoms with E-state index in [2.05, 4.69) is 0 Å². The van der Waals surface area contributed by atoms with E-state index in [4.69, 9.17) is 10.2 Å². The Bertz CT molecular complexity index is 826. The van der Waals surface area contributed by atoms with Crippen LogP contribution in [-0.2, 0) is 4.79 Å². The molecule has 1 N–H and O–H groups in total. The number of rotatable bonds is 6. The number of amides is 1. The molecular weight excluding hydrogens is 342 g/mol. The van der Waals surface area contributed by atoms with Gasteiger partial charge in [-0.3, -0.25) is 9.59 Å². The van der Waals surface area contributed by atoms with Crippen LogP contribution in [0, 0.1) is 5.92 Å². The third-order valence-corrected chi connectivity index (χ3v) is 5.52. The molecule has 1 aromatic heterocycles. The van der Waals surface area contributed by atoms with Crippen molar-refractivity contribution in [2.75, 3.05) is 13.1 Å². The van der Waals surface area contributed by atoms with Gasteiger partial charge in [0, 0.05) is 25.4 Å². The molecule has 4 rings (SSSR count). The quantitative estimate of drug-likeness (QED) is 0.848. The summed E-state index contributed by atoms with van der Waals surface area (Å²) in [6.45, 7) is 1.35. The summed E-state index contributed by atoms with van der Waals surface area (Å²) in [6, 6.07) is 11.7. The first-order valence-corrected chi connectivity index (χ1v) is 9.78. The first-order chi connectivity index (χ1) is 13.1. The Labute approximate surface area is 158 Å². The number of benzene rings is 1. The van der Waals surface area contributed by atoms with E-state index in [9.17, 15) is 9.59 Å². The van der Waals surface area contributed by atoms with Crippen molar-refractivity contribution in [2.24, 2.45) is 5.92 Å². The Kier molecular flexibility index (Phi) is 4.97. The molecule has 2 heterocycles. The maximum Gasteiger partial charge on any atom is 0.303 e. The van der Waals surface area contributed by atoms with Crippen LogP contribution in [0.5, 0.6) is 0 Å². The van der Waals surface area contributed by atoms with E-state index in [1.54, 1.807) is 4.68 Å². The molecule has 6 nitrogen and oxygen atoms in total. The highest BCUT2D eigenvalue weighted by atomic mass is 16.4. The van der Waals surface area contributed by atoms with Gasteiger partial charge in [0.05, 0.1) is 11.4 Å². The van der Waals surface area contributed by atoms with E-state index in [0.29, 0.717) is 24.6 Å². The zero-order chi connectivity index (χ0) is 18.8.